The summed E-state index contributed by atoms with van der Waals surface area (Å²) in [7, 11) is 3.51. The summed E-state index contributed by atoms with van der Waals surface area (Å²) in [5.41, 5.74) is 6.56. The van der Waals surface area contributed by atoms with Crippen molar-refractivity contribution in [1.29, 1.82) is 0 Å². The average Bonchev–Trinajstić information content (AvgIpc) is 3.33. The smallest absolute Gasteiger partial charge is 0.250 e. The Kier molecular flexibility index (Phi) is 8.62. The lowest BCUT2D eigenvalue weighted by molar-refractivity contribution is -0.128. The lowest BCUT2D eigenvalue weighted by Gasteiger charge is -2.27. The third-order valence-electron chi connectivity index (χ3n) is 6.12. The van der Waals surface area contributed by atoms with Crippen molar-refractivity contribution in [1.82, 2.24) is 24.8 Å². The van der Waals surface area contributed by atoms with Gasteiger partial charge in [-0.15, -0.1) is 11.3 Å². The fraction of sp³-hybridized carbons (Fsp3) is 0.333. The molecule has 3 heterocycles. The van der Waals surface area contributed by atoms with E-state index in [1.165, 1.54) is 0 Å². The number of hydrazone groups is 1. The number of hydrogen-bond donors (Lipinski definition) is 3. The van der Waals surface area contributed by atoms with Gasteiger partial charge in [0.15, 0.2) is 0 Å². The number of fused-ring (bicyclic) bond motifs is 1. The maximum Gasteiger partial charge on any atom is 0.250 e. The van der Waals surface area contributed by atoms with Crippen molar-refractivity contribution in [3.8, 4) is 0 Å². The minimum Gasteiger partial charge on any atom is -0.385 e. The Labute approximate surface area is 236 Å². The highest BCUT2D eigenvalue weighted by Gasteiger charge is 2.17. The van der Waals surface area contributed by atoms with Crippen LogP contribution in [0.1, 0.15) is 17.0 Å². The SMILES string of the molecule is Cc1nc2cc(/C=N/Nc3nc(Nc4ccc(NCCC(=O)N(C)C)cc4)nc(N4CCOCC4)n3)ccc2s1. The van der Waals surface area contributed by atoms with E-state index in [1.807, 2.05) is 49.4 Å². The largest absolute Gasteiger partial charge is 0.385 e. The van der Waals surface area contributed by atoms with Gasteiger partial charge >= 0.3 is 0 Å². The van der Waals surface area contributed by atoms with Crippen molar-refractivity contribution in [2.75, 3.05) is 67.9 Å². The first kappa shape index (κ1) is 27.2. The van der Waals surface area contributed by atoms with Gasteiger partial charge in [0.1, 0.15) is 0 Å². The van der Waals surface area contributed by atoms with Gasteiger partial charge in [-0.25, -0.2) is 10.4 Å². The number of hydrogen-bond acceptors (Lipinski definition) is 12. The molecule has 0 atom stereocenters. The number of ether oxygens (including phenoxy) is 1. The number of carbonyl (C=O) groups excluding carboxylic acids is 1. The van der Waals surface area contributed by atoms with E-state index in [1.54, 1.807) is 36.5 Å². The molecule has 0 aliphatic carbocycles. The normalized spacial score (nSPS) is 13.5. The van der Waals surface area contributed by atoms with E-state index in [0.717, 1.165) is 32.2 Å². The molecule has 13 heteroatoms. The van der Waals surface area contributed by atoms with Crippen molar-refractivity contribution >= 4 is 62.9 Å². The molecule has 1 aliphatic rings. The Morgan fingerprint density at radius 2 is 1.80 bits per heavy atom. The van der Waals surface area contributed by atoms with Crippen LogP contribution in [0.25, 0.3) is 10.2 Å². The second kappa shape index (κ2) is 12.7. The monoisotopic (exact) mass is 560 g/mol. The first-order valence-corrected chi connectivity index (χ1v) is 13.8. The number of aromatic nitrogens is 4. The predicted molar refractivity (Wildman–Crippen MR) is 160 cm³/mol. The summed E-state index contributed by atoms with van der Waals surface area (Å²) in [4.78, 5) is 33.7. The Bertz CT molecular complexity index is 1480. The van der Waals surface area contributed by atoms with Crippen LogP contribution in [-0.2, 0) is 9.53 Å². The summed E-state index contributed by atoms with van der Waals surface area (Å²) in [6.07, 6.45) is 2.15. The molecule has 4 aromatic rings. The lowest BCUT2D eigenvalue weighted by Crippen LogP contribution is -2.37. The summed E-state index contributed by atoms with van der Waals surface area (Å²) in [6.45, 7) is 5.17. The van der Waals surface area contributed by atoms with Crippen molar-refractivity contribution in [3.05, 3.63) is 53.0 Å². The number of rotatable bonds is 10. The van der Waals surface area contributed by atoms with Gasteiger partial charge in [0.25, 0.3) is 0 Å². The molecule has 208 valence electrons. The minimum atomic E-state index is 0.0843. The number of anilines is 5. The Balaban J connectivity index is 1.28. The topological polar surface area (TPSA) is 133 Å². The quantitative estimate of drug-likeness (QED) is 0.195. The molecule has 1 aliphatic heterocycles. The maximum atomic E-state index is 11.8. The van der Waals surface area contributed by atoms with E-state index in [9.17, 15) is 4.79 Å². The Hall–Kier alpha value is -4.36. The number of nitrogens with zero attached hydrogens (tertiary/aromatic N) is 7. The van der Waals surface area contributed by atoms with Gasteiger partial charge in [-0.3, -0.25) is 4.79 Å². The number of aryl methyl sites for hydroxylation is 1. The number of thiazole rings is 1. The molecular formula is C27H32N10O2S. The zero-order chi connectivity index (χ0) is 27.9. The van der Waals surface area contributed by atoms with Crippen LogP contribution in [0.4, 0.5) is 29.2 Å². The van der Waals surface area contributed by atoms with Gasteiger partial charge in [0, 0.05) is 51.5 Å². The van der Waals surface area contributed by atoms with Gasteiger partial charge in [0.05, 0.1) is 34.7 Å². The highest BCUT2D eigenvalue weighted by molar-refractivity contribution is 7.18. The molecule has 3 N–H and O–H groups in total. The lowest BCUT2D eigenvalue weighted by atomic mass is 10.2. The molecule has 0 bridgehead atoms. The Morgan fingerprint density at radius 3 is 2.58 bits per heavy atom. The number of morpholine rings is 1. The molecule has 0 unspecified atom stereocenters. The van der Waals surface area contributed by atoms with Crippen molar-refractivity contribution in [3.63, 3.8) is 0 Å². The number of amides is 1. The van der Waals surface area contributed by atoms with E-state index in [2.05, 4.69) is 46.0 Å². The first-order valence-electron chi connectivity index (χ1n) is 13.0. The summed E-state index contributed by atoms with van der Waals surface area (Å²) in [5.74, 6) is 1.35. The fourth-order valence-corrected chi connectivity index (χ4v) is 4.83. The Morgan fingerprint density at radius 1 is 1.05 bits per heavy atom. The summed E-state index contributed by atoms with van der Waals surface area (Å²) in [6, 6.07) is 13.8. The summed E-state index contributed by atoms with van der Waals surface area (Å²) < 4.78 is 6.64. The third-order valence-corrected chi connectivity index (χ3v) is 7.07. The molecule has 5 rings (SSSR count). The third kappa shape index (κ3) is 7.18. The zero-order valence-corrected chi connectivity index (χ0v) is 23.5. The zero-order valence-electron chi connectivity index (χ0n) is 22.7. The van der Waals surface area contributed by atoms with Crippen LogP contribution in [0.15, 0.2) is 47.6 Å². The molecule has 0 spiro atoms. The van der Waals surface area contributed by atoms with Crippen LogP contribution in [0, 0.1) is 6.92 Å². The van der Waals surface area contributed by atoms with Gasteiger partial charge in [-0.1, -0.05) is 6.07 Å². The number of benzene rings is 2. The van der Waals surface area contributed by atoms with E-state index < -0.39 is 0 Å². The van der Waals surface area contributed by atoms with Crippen molar-refractivity contribution < 1.29 is 9.53 Å². The van der Waals surface area contributed by atoms with Gasteiger partial charge in [-0.2, -0.15) is 20.1 Å². The molecule has 1 saturated heterocycles. The second-order valence-electron chi connectivity index (χ2n) is 9.38. The predicted octanol–water partition coefficient (Wildman–Crippen LogP) is 3.71. The first-order chi connectivity index (χ1) is 19.4. The van der Waals surface area contributed by atoms with Crippen LogP contribution in [-0.4, -0.2) is 83.9 Å². The standard InChI is InChI=1S/C27H32N10O2S/c1-18-30-22-16-19(4-9-23(22)40-18)17-29-35-26-32-25(33-27(34-26)37-12-14-39-15-13-37)31-21-7-5-20(6-8-21)28-11-10-24(38)36(2)3/h4-9,16-17,28H,10-15H2,1-3H3,(H2,31,32,33,34,35)/b29-17+. The highest BCUT2D eigenvalue weighted by atomic mass is 32.1. The van der Waals surface area contributed by atoms with Gasteiger partial charge in [-0.05, 0) is 48.9 Å². The van der Waals surface area contributed by atoms with Crippen molar-refractivity contribution in [2.45, 2.75) is 13.3 Å². The molecule has 2 aromatic carbocycles. The molecule has 2 aromatic heterocycles. The summed E-state index contributed by atoms with van der Waals surface area (Å²) in [5, 5.41) is 11.9. The molecule has 0 saturated carbocycles. The van der Waals surface area contributed by atoms with E-state index >= 15 is 0 Å². The van der Waals surface area contributed by atoms with Crippen LogP contribution in [0.5, 0.6) is 0 Å². The van der Waals surface area contributed by atoms with E-state index in [4.69, 9.17) is 4.74 Å². The number of nitrogens with one attached hydrogen (secondary N) is 3. The van der Waals surface area contributed by atoms with Crippen molar-refractivity contribution in [2.24, 2.45) is 5.10 Å². The molecule has 12 nitrogen and oxygen atoms in total. The van der Waals surface area contributed by atoms with Crippen LogP contribution in [0.3, 0.4) is 0 Å². The number of carbonyl (C=O) groups is 1. The van der Waals surface area contributed by atoms with Crippen LogP contribution >= 0.6 is 11.3 Å². The fourth-order valence-electron chi connectivity index (χ4n) is 4.02. The van der Waals surface area contributed by atoms with Crippen LogP contribution < -0.4 is 21.0 Å². The molecule has 1 fully saturated rings. The van der Waals surface area contributed by atoms with E-state index in [0.29, 0.717) is 57.1 Å². The minimum absolute atomic E-state index is 0.0843. The second-order valence-corrected chi connectivity index (χ2v) is 10.6. The average molecular weight is 561 g/mol. The highest BCUT2D eigenvalue weighted by Crippen LogP contribution is 2.23. The van der Waals surface area contributed by atoms with Gasteiger partial charge in [0.2, 0.25) is 23.8 Å². The van der Waals surface area contributed by atoms with Gasteiger partial charge < -0.3 is 25.2 Å². The molecule has 40 heavy (non-hydrogen) atoms. The van der Waals surface area contributed by atoms with Crippen LogP contribution in [0.2, 0.25) is 0 Å². The molecule has 1 amide bonds. The summed E-state index contributed by atoms with van der Waals surface area (Å²) >= 11 is 1.67. The maximum absolute atomic E-state index is 11.8. The molecule has 0 radical (unpaired) electrons. The van der Waals surface area contributed by atoms with E-state index in [-0.39, 0.29) is 5.91 Å². The molecular weight excluding hydrogens is 528 g/mol.